The lowest BCUT2D eigenvalue weighted by molar-refractivity contribution is -0.122. The second-order valence-corrected chi connectivity index (χ2v) is 12.7. The SMILES string of the molecule is C=CCN1C(=O)/C(=C/c2ccc(OCCCCOc3ccc(/C=C4\SC(=S)N(CC=C)C4=O)cc3OC)c(OC)c2)SC1=S. The van der Waals surface area contributed by atoms with E-state index in [1.165, 1.54) is 33.3 Å². The lowest BCUT2D eigenvalue weighted by atomic mass is 10.2. The lowest BCUT2D eigenvalue weighted by Crippen LogP contribution is -2.27. The first-order valence-corrected chi connectivity index (χ1v) is 16.1. The fourth-order valence-corrected chi connectivity index (χ4v) is 6.78. The molecule has 12 heteroatoms. The molecule has 0 N–H and O–H groups in total. The Morgan fingerprint density at radius 1 is 0.705 bits per heavy atom. The third-order valence-electron chi connectivity index (χ3n) is 6.40. The van der Waals surface area contributed by atoms with E-state index in [4.69, 9.17) is 43.4 Å². The van der Waals surface area contributed by atoms with Gasteiger partial charge in [0.1, 0.15) is 8.64 Å². The molecule has 2 fully saturated rings. The van der Waals surface area contributed by atoms with E-state index < -0.39 is 0 Å². The van der Waals surface area contributed by atoms with Crippen molar-refractivity contribution in [3.05, 3.63) is 82.6 Å². The Kier molecular flexibility index (Phi) is 12.1. The summed E-state index contributed by atoms with van der Waals surface area (Å²) in [6.45, 7) is 9.07. The largest absolute Gasteiger partial charge is 0.493 e. The minimum atomic E-state index is -0.131. The molecule has 4 rings (SSSR count). The molecule has 0 aromatic heterocycles. The molecule has 0 atom stereocenters. The standard InChI is InChI=1S/C32H32N2O6S4/c1-5-13-33-29(35)27(43-31(33)41)19-21-9-11-23(25(17-21)37-3)39-15-7-8-16-40-24-12-10-22(18-26(24)38-4)20-28-30(36)34(14-6-2)32(42)44-28/h5-6,9-12,17-20H,1-2,7-8,13-16H2,3-4H3/b27-19-,28-20-. The number of amides is 2. The zero-order valence-corrected chi connectivity index (χ0v) is 27.7. The Morgan fingerprint density at radius 2 is 1.11 bits per heavy atom. The van der Waals surface area contributed by atoms with Crippen molar-refractivity contribution in [1.82, 2.24) is 9.80 Å². The van der Waals surface area contributed by atoms with Crippen LogP contribution in [0.25, 0.3) is 12.2 Å². The highest BCUT2D eigenvalue weighted by atomic mass is 32.2. The van der Waals surface area contributed by atoms with Gasteiger partial charge in [-0.3, -0.25) is 19.4 Å². The van der Waals surface area contributed by atoms with Gasteiger partial charge >= 0.3 is 0 Å². The first-order valence-electron chi connectivity index (χ1n) is 13.6. The summed E-state index contributed by atoms with van der Waals surface area (Å²) in [5.74, 6) is 2.11. The molecule has 2 saturated heterocycles. The van der Waals surface area contributed by atoms with E-state index in [1.54, 1.807) is 38.5 Å². The fraction of sp³-hybridized carbons (Fsp3) is 0.250. The lowest BCUT2D eigenvalue weighted by Gasteiger charge is -2.13. The Bertz CT molecular complexity index is 1420. The first kappa shape index (κ1) is 33.3. The Morgan fingerprint density at radius 3 is 1.48 bits per heavy atom. The molecule has 2 heterocycles. The van der Waals surface area contributed by atoms with Crippen LogP contribution in [-0.4, -0.2) is 70.8 Å². The van der Waals surface area contributed by atoms with Crippen molar-refractivity contribution in [2.45, 2.75) is 12.8 Å². The molecule has 0 aliphatic carbocycles. The van der Waals surface area contributed by atoms with Gasteiger partial charge in [-0.2, -0.15) is 0 Å². The molecule has 0 spiro atoms. The number of carbonyl (C=O) groups excluding carboxylic acids is 2. The van der Waals surface area contributed by atoms with E-state index in [1.807, 2.05) is 36.4 Å². The summed E-state index contributed by atoms with van der Waals surface area (Å²) >= 11 is 13.2. The van der Waals surface area contributed by atoms with E-state index in [0.717, 1.165) is 24.0 Å². The van der Waals surface area contributed by atoms with Gasteiger partial charge in [-0.15, -0.1) is 13.2 Å². The average molecular weight is 669 g/mol. The summed E-state index contributed by atoms with van der Waals surface area (Å²) < 4.78 is 24.0. The van der Waals surface area contributed by atoms with Gasteiger partial charge in [-0.1, -0.05) is 72.2 Å². The number of carbonyl (C=O) groups is 2. The van der Waals surface area contributed by atoms with Crippen molar-refractivity contribution in [2.24, 2.45) is 0 Å². The molecule has 2 aliphatic rings. The number of thiocarbonyl (C=S) groups is 2. The minimum absolute atomic E-state index is 0.131. The van der Waals surface area contributed by atoms with Gasteiger partial charge in [0.05, 0.1) is 37.2 Å². The maximum absolute atomic E-state index is 12.6. The van der Waals surface area contributed by atoms with Crippen LogP contribution < -0.4 is 18.9 Å². The molecule has 2 aliphatic heterocycles. The monoisotopic (exact) mass is 668 g/mol. The van der Waals surface area contributed by atoms with E-state index in [-0.39, 0.29) is 11.8 Å². The number of nitrogens with zero attached hydrogens (tertiary/aromatic N) is 2. The molecular weight excluding hydrogens is 637 g/mol. The summed E-state index contributed by atoms with van der Waals surface area (Å²) in [6.07, 6.45) is 8.40. The molecule has 2 aromatic rings. The van der Waals surface area contributed by atoms with E-state index in [9.17, 15) is 9.59 Å². The van der Waals surface area contributed by atoms with Crippen molar-refractivity contribution in [1.29, 1.82) is 0 Å². The van der Waals surface area contributed by atoms with Crippen LogP contribution in [0.15, 0.2) is 71.5 Å². The predicted molar refractivity (Wildman–Crippen MR) is 186 cm³/mol. The van der Waals surface area contributed by atoms with Crippen LogP contribution in [0, 0.1) is 0 Å². The fourth-order valence-electron chi connectivity index (χ4n) is 4.23. The Balaban J connectivity index is 1.27. The number of benzene rings is 2. The van der Waals surface area contributed by atoms with E-state index in [2.05, 4.69) is 13.2 Å². The first-order chi connectivity index (χ1) is 21.3. The van der Waals surface area contributed by atoms with Crippen LogP contribution in [0.3, 0.4) is 0 Å². The molecular formula is C32H32N2O6S4. The van der Waals surface area contributed by atoms with Crippen molar-refractivity contribution in [2.75, 3.05) is 40.5 Å². The molecule has 44 heavy (non-hydrogen) atoms. The highest BCUT2D eigenvalue weighted by Gasteiger charge is 2.32. The van der Waals surface area contributed by atoms with Crippen LogP contribution in [0.5, 0.6) is 23.0 Å². The van der Waals surface area contributed by atoms with Gasteiger partial charge in [0, 0.05) is 13.1 Å². The third-order valence-corrected chi connectivity index (χ3v) is 9.15. The minimum Gasteiger partial charge on any atom is -0.493 e. The quantitative estimate of drug-likeness (QED) is 0.0884. The number of hydrogen-bond acceptors (Lipinski definition) is 10. The summed E-state index contributed by atoms with van der Waals surface area (Å²) in [5, 5.41) is 0. The number of thioether (sulfide) groups is 2. The number of ether oxygens (including phenoxy) is 4. The van der Waals surface area contributed by atoms with Gasteiger partial charge < -0.3 is 18.9 Å². The van der Waals surface area contributed by atoms with Gasteiger partial charge in [-0.25, -0.2) is 0 Å². The maximum atomic E-state index is 12.6. The zero-order chi connectivity index (χ0) is 31.6. The maximum Gasteiger partial charge on any atom is 0.266 e. The normalized spacial score (nSPS) is 16.7. The molecule has 2 aromatic carbocycles. The van der Waals surface area contributed by atoms with Crippen molar-refractivity contribution in [3.8, 4) is 23.0 Å². The van der Waals surface area contributed by atoms with E-state index in [0.29, 0.717) is 67.8 Å². The van der Waals surface area contributed by atoms with Gasteiger partial charge in [0.2, 0.25) is 0 Å². The molecule has 0 radical (unpaired) electrons. The molecule has 0 saturated carbocycles. The zero-order valence-electron chi connectivity index (χ0n) is 24.4. The van der Waals surface area contributed by atoms with Crippen LogP contribution in [0.1, 0.15) is 24.0 Å². The molecule has 2 amide bonds. The summed E-state index contributed by atoms with van der Waals surface area (Å²) in [5.41, 5.74) is 1.62. The Hall–Kier alpha value is -3.58. The number of rotatable bonds is 15. The second-order valence-electron chi connectivity index (χ2n) is 9.39. The summed E-state index contributed by atoms with van der Waals surface area (Å²) in [4.78, 5) is 29.4. The third kappa shape index (κ3) is 8.12. The molecule has 8 nitrogen and oxygen atoms in total. The van der Waals surface area contributed by atoms with Gasteiger partial charge in [-0.05, 0) is 60.4 Å². The number of methoxy groups -OCH3 is 2. The van der Waals surface area contributed by atoms with Crippen LogP contribution in [0.4, 0.5) is 0 Å². The van der Waals surface area contributed by atoms with Crippen LogP contribution >= 0.6 is 48.0 Å². The molecule has 0 unspecified atom stereocenters. The highest BCUT2D eigenvalue weighted by Crippen LogP contribution is 2.36. The van der Waals surface area contributed by atoms with Gasteiger partial charge in [0.25, 0.3) is 11.8 Å². The predicted octanol–water partition coefficient (Wildman–Crippen LogP) is 6.72. The number of unbranched alkanes of at least 4 members (excludes halogenated alkanes) is 1. The molecule has 0 bridgehead atoms. The van der Waals surface area contributed by atoms with Crippen LogP contribution in [-0.2, 0) is 9.59 Å². The summed E-state index contributed by atoms with van der Waals surface area (Å²) in [6, 6.07) is 11.1. The van der Waals surface area contributed by atoms with Crippen molar-refractivity contribution >= 4 is 80.6 Å². The van der Waals surface area contributed by atoms with E-state index >= 15 is 0 Å². The smallest absolute Gasteiger partial charge is 0.266 e. The second kappa shape index (κ2) is 15.9. The highest BCUT2D eigenvalue weighted by molar-refractivity contribution is 8.27. The Labute approximate surface area is 276 Å². The van der Waals surface area contributed by atoms with Crippen LogP contribution in [0.2, 0.25) is 0 Å². The summed E-state index contributed by atoms with van der Waals surface area (Å²) in [7, 11) is 3.16. The van der Waals surface area contributed by atoms with Gasteiger partial charge in [0.15, 0.2) is 23.0 Å². The molecule has 230 valence electrons. The van der Waals surface area contributed by atoms with Crippen molar-refractivity contribution in [3.63, 3.8) is 0 Å². The average Bonchev–Trinajstić information content (AvgIpc) is 3.43. The number of hydrogen-bond donors (Lipinski definition) is 0. The topological polar surface area (TPSA) is 77.5 Å². The van der Waals surface area contributed by atoms with Crippen molar-refractivity contribution < 1.29 is 28.5 Å².